The highest BCUT2D eigenvalue weighted by Gasteiger charge is 2.25. The van der Waals surface area contributed by atoms with Gasteiger partial charge in [-0.15, -0.1) is 0 Å². The van der Waals surface area contributed by atoms with Crippen molar-refractivity contribution in [3.63, 3.8) is 0 Å². The molecule has 0 bridgehead atoms. The Balaban J connectivity index is 1.84. The molecule has 1 aliphatic rings. The Morgan fingerprint density at radius 3 is 2.21 bits per heavy atom. The molecule has 1 fully saturated rings. The Labute approximate surface area is 142 Å². The fourth-order valence-electron chi connectivity index (χ4n) is 2.71. The molecule has 1 aliphatic carbocycles. The van der Waals surface area contributed by atoms with Crippen LogP contribution >= 0.6 is 0 Å². The van der Waals surface area contributed by atoms with Crippen LogP contribution in [0.3, 0.4) is 0 Å². The monoisotopic (exact) mass is 329 g/mol. The molecule has 24 heavy (non-hydrogen) atoms. The molecule has 1 atom stereocenters. The Kier molecular flexibility index (Phi) is 4.74. The second-order valence-corrected chi connectivity index (χ2v) is 5.93. The van der Waals surface area contributed by atoms with Crippen LogP contribution in [0.2, 0.25) is 0 Å². The van der Waals surface area contributed by atoms with Gasteiger partial charge < -0.3 is 19.5 Å². The fraction of sp³-hybridized carbons (Fsp3) is 0.444. The van der Waals surface area contributed by atoms with Crippen LogP contribution in [0.25, 0.3) is 0 Å². The van der Waals surface area contributed by atoms with Crippen LogP contribution in [0.1, 0.15) is 43.0 Å². The molecule has 0 spiro atoms. The van der Waals surface area contributed by atoms with Crippen LogP contribution in [0, 0.1) is 0 Å². The molecule has 1 aromatic carbocycles. The molecule has 1 heterocycles. The maximum atomic E-state index is 5.42. The van der Waals surface area contributed by atoms with E-state index in [1.807, 2.05) is 18.2 Å². The zero-order valence-corrected chi connectivity index (χ0v) is 14.5. The standard InChI is InChI=1S/C18H23N3O3/c1-11(21-17-9-14(12-5-6-12)19-10-20-17)13-7-15(22-2)18(24-4)16(8-13)23-3/h7-12H,5-6H2,1-4H3,(H,19,20,21)/t11-/m1/s1. The van der Waals surface area contributed by atoms with Gasteiger partial charge in [-0.3, -0.25) is 0 Å². The molecule has 1 saturated carbocycles. The number of methoxy groups -OCH3 is 3. The van der Waals surface area contributed by atoms with E-state index >= 15 is 0 Å². The highest BCUT2D eigenvalue weighted by Crippen LogP contribution is 2.41. The molecule has 1 aromatic heterocycles. The largest absolute Gasteiger partial charge is 0.493 e. The van der Waals surface area contributed by atoms with Gasteiger partial charge in [-0.2, -0.15) is 0 Å². The summed E-state index contributed by atoms with van der Waals surface area (Å²) < 4.78 is 16.2. The van der Waals surface area contributed by atoms with E-state index in [2.05, 4.69) is 22.2 Å². The van der Waals surface area contributed by atoms with Crippen molar-refractivity contribution in [2.24, 2.45) is 0 Å². The van der Waals surface area contributed by atoms with E-state index in [1.54, 1.807) is 27.7 Å². The van der Waals surface area contributed by atoms with Crippen molar-refractivity contribution in [3.05, 3.63) is 35.8 Å². The lowest BCUT2D eigenvalue weighted by atomic mass is 10.1. The van der Waals surface area contributed by atoms with Gasteiger partial charge >= 0.3 is 0 Å². The number of rotatable bonds is 7. The van der Waals surface area contributed by atoms with Gasteiger partial charge in [0.15, 0.2) is 11.5 Å². The zero-order chi connectivity index (χ0) is 17.1. The lowest BCUT2D eigenvalue weighted by molar-refractivity contribution is 0.323. The Morgan fingerprint density at radius 1 is 1.00 bits per heavy atom. The summed E-state index contributed by atoms with van der Waals surface area (Å²) in [4.78, 5) is 8.68. The van der Waals surface area contributed by atoms with Crippen molar-refractivity contribution < 1.29 is 14.2 Å². The number of nitrogens with one attached hydrogen (secondary N) is 1. The van der Waals surface area contributed by atoms with Crippen LogP contribution in [0.4, 0.5) is 5.82 Å². The highest BCUT2D eigenvalue weighted by atomic mass is 16.5. The highest BCUT2D eigenvalue weighted by molar-refractivity contribution is 5.55. The summed E-state index contributed by atoms with van der Waals surface area (Å²) in [6.07, 6.45) is 4.07. The average Bonchev–Trinajstić information content (AvgIpc) is 3.45. The predicted octanol–water partition coefficient (Wildman–Crippen LogP) is 3.55. The van der Waals surface area contributed by atoms with Crippen LogP contribution in [0.5, 0.6) is 17.2 Å². The smallest absolute Gasteiger partial charge is 0.203 e. The molecule has 1 N–H and O–H groups in total. The van der Waals surface area contributed by atoms with Crippen molar-refractivity contribution in [3.8, 4) is 17.2 Å². The topological polar surface area (TPSA) is 65.5 Å². The molecular formula is C18H23N3O3. The minimum Gasteiger partial charge on any atom is -0.493 e. The van der Waals surface area contributed by atoms with Gasteiger partial charge in [0, 0.05) is 17.7 Å². The van der Waals surface area contributed by atoms with Crippen LogP contribution in [0.15, 0.2) is 24.5 Å². The SMILES string of the molecule is COc1cc([C@@H](C)Nc2cc(C3CC3)ncn2)cc(OC)c1OC. The van der Waals surface area contributed by atoms with Crippen LogP contribution in [-0.4, -0.2) is 31.3 Å². The zero-order valence-electron chi connectivity index (χ0n) is 14.5. The summed E-state index contributed by atoms with van der Waals surface area (Å²) in [5, 5.41) is 3.42. The minimum atomic E-state index is 0.0284. The molecule has 0 aliphatic heterocycles. The maximum absolute atomic E-state index is 5.42. The Hall–Kier alpha value is -2.50. The van der Waals surface area contributed by atoms with Gasteiger partial charge in [-0.05, 0) is 37.5 Å². The van der Waals surface area contributed by atoms with E-state index in [-0.39, 0.29) is 6.04 Å². The number of anilines is 1. The second kappa shape index (κ2) is 6.95. The van der Waals surface area contributed by atoms with E-state index in [0.29, 0.717) is 23.2 Å². The quantitative estimate of drug-likeness (QED) is 0.838. The molecule has 0 radical (unpaired) electrons. The van der Waals surface area contributed by atoms with Gasteiger partial charge in [0.1, 0.15) is 12.1 Å². The van der Waals surface area contributed by atoms with E-state index in [4.69, 9.17) is 14.2 Å². The second-order valence-electron chi connectivity index (χ2n) is 5.93. The summed E-state index contributed by atoms with van der Waals surface area (Å²) >= 11 is 0. The number of nitrogens with zero attached hydrogens (tertiary/aromatic N) is 2. The maximum Gasteiger partial charge on any atom is 0.203 e. The summed E-state index contributed by atoms with van der Waals surface area (Å²) in [7, 11) is 4.83. The molecule has 0 unspecified atom stereocenters. The van der Waals surface area contributed by atoms with Crippen LogP contribution in [-0.2, 0) is 0 Å². The van der Waals surface area contributed by atoms with Gasteiger partial charge in [-0.1, -0.05) is 0 Å². The molecule has 0 saturated heterocycles. The Bertz CT molecular complexity index is 691. The lowest BCUT2D eigenvalue weighted by Gasteiger charge is -2.19. The third-order valence-electron chi connectivity index (χ3n) is 4.24. The Morgan fingerprint density at radius 2 is 1.67 bits per heavy atom. The normalized spacial score (nSPS) is 14.8. The van der Waals surface area contributed by atoms with E-state index in [0.717, 1.165) is 17.1 Å². The van der Waals surface area contributed by atoms with Crippen molar-refractivity contribution >= 4 is 5.82 Å². The summed E-state index contributed by atoms with van der Waals surface area (Å²) in [5.74, 6) is 3.30. The third kappa shape index (κ3) is 3.37. The average molecular weight is 329 g/mol. The molecule has 0 amide bonds. The fourth-order valence-corrected chi connectivity index (χ4v) is 2.71. The number of benzene rings is 1. The third-order valence-corrected chi connectivity index (χ3v) is 4.24. The van der Waals surface area contributed by atoms with Gasteiger partial charge in [-0.25, -0.2) is 9.97 Å². The molecule has 3 rings (SSSR count). The van der Waals surface area contributed by atoms with Gasteiger partial charge in [0.05, 0.1) is 27.4 Å². The van der Waals surface area contributed by atoms with E-state index in [9.17, 15) is 0 Å². The molecule has 6 nitrogen and oxygen atoms in total. The minimum absolute atomic E-state index is 0.0284. The first-order valence-electron chi connectivity index (χ1n) is 8.04. The molecule has 2 aromatic rings. The van der Waals surface area contributed by atoms with Crippen molar-refractivity contribution in [2.45, 2.75) is 31.7 Å². The first-order chi connectivity index (χ1) is 11.7. The van der Waals surface area contributed by atoms with Crippen molar-refractivity contribution in [2.75, 3.05) is 26.6 Å². The van der Waals surface area contributed by atoms with Gasteiger partial charge in [0.25, 0.3) is 0 Å². The predicted molar refractivity (Wildman–Crippen MR) is 92.1 cm³/mol. The van der Waals surface area contributed by atoms with Crippen LogP contribution < -0.4 is 19.5 Å². The van der Waals surface area contributed by atoms with Crippen molar-refractivity contribution in [1.29, 1.82) is 0 Å². The van der Waals surface area contributed by atoms with Gasteiger partial charge in [0.2, 0.25) is 5.75 Å². The van der Waals surface area contributed by atoms with Crippen molar-refractivity contribution in [1.82, 2.24) is 9.97 Å². The first kappa shape index (κ1) is 16.4. The lowest BCUT2D eigenvalue weighted by Crippen LogP contribution is -2.09. The number of hydrogen-bond donors (Lipinski definition) is 1. The first-order valence-corrected chi connectivity index (χ1v) is 8.04. The number of ether oxygens (including phenoxy) is 3. The number of aromatic nitrogens is 2. The summed E-state index contributed by atoms with van der Waals surface area (Å²) in [6.45, 7) is 2.07. The van der Waals surface area contributed by atoms with E-state index < -0.39 is 0 Å². The molecule has 128 valence electrons. The summed E-state index contributed by atoms with van der Waals surface area (Å²) in [6, 6.07) is 5.96. The molecule has 6 heteroatoms. The number of hydrogen-bond acceptors (Lipinski definition) is 6. The molecular weight excluding hydrogens is 306 g/mol. The van der Waals surface area contributed by atoms with E-state index in [1.165, 1.54) is 12.8 Å². The summed E-state index contributed by atoms with van der Waals surface area (Å²) in [5.41, 5.74) is 2.14.